The van der Waals surface area contributed by atoms with E-state index in [0.29, 0.717) is 35.5 Å². The summed E-state index contributed by atoms with van der Waals surface area (Å²) in [6, 6.07) is 11.5. The molecule has 3 aromatic heterocycles. The normalized spacial score (nSPS) is 19.0. The second kappa shape index (κ2) is 6.82. The van der Waals surface area contributed by atoms with Crippen LogP contribution in [0.25, 0.3) is 32.9 Å². The molecule has 0 spiro atoms. The van der Waals surface area contributed by atoms with E-state index < -0.39 is 5.60 Å². The molecule has 1 aromatic carbocycles. The SMILES string of the molecule is CN1CC[C@@](O)(c2csc(-c3cccc(-c4ccc5ncnc(N)c5n4)c3)n2)C1=O. The van der Waals surface area contributed by atoms with Crippen molar-refractivity contribution in [2.24, 2.45) is 0 Å². The van der Waals surface area contributed by atoms with E-state index >= 15 is 0 Å². The average molecular weight is 418 g/mol. The summed E-state index contributed by atoms with van der Waals surface area (Å²) < 4.78 is 0. The van der Waals surface area contributed by atoms with Crippen LogP contribution in [0.1, 0.15) is 12.1 Å². The molecule has 8 nitrogen and oxygen atoms in total. The minimum absolute atomic E-state index is 0.312. The van der Waals surface area contributed by atoms with E-state index in [1.54, 1.807) is 12.4 Å². The third-order valence-corrected chi connectivity index (χ3v) is 6.24. The number of benzene rings is 1. The molecule has 1 aliphatic rings. The predicted molar refractivity (Wildman–Crippen MR) is 114 cm³/mol. The first kappa shape index (κ1) is 18.6. The monoisotopic (exact) mass is 418 g/mol. The largest absolute Gasteiger partial charge is 0.382 e. The van der Waals surface area contributed by atoms with Gasteiger partial charge in [0.1, 0.15) is 16.9 Å². The van der Waals surface area contributed by atoms with Crippen molar-refractivity contribution in [3.8, 4) is 21.8 Å². The van der Waals surface area contributed by atoms with Gasteiger partial charge in [-0.1, -0.05) is 18.2 Å². The molecule has 0 saturated carbocycles. The van der Waals surface area contributed by atoms with Crippen LogP contribution < -0.4 is 5.73 Å². The van der Waals surface area contributed by atoms with Gasteiger partial charge in [0.05, 0.1) is 16.9 Å². The van der Waals surface area contributed by atoms with E-state index in [-0.39, 0.29) is 5.91 Å². The Hall–Kier alpha value is -3.43. The zero-order valence-corrected chi connectivity index (χ0v) is 16.9. The summed E-state index contributed by atoms with van der Waals surface area (Å²) in [5.41, 5.74) is 8.56. The summed E-state index contributed by atoms with van der Waals surface area (Å²) in [7, 11) is 1.69. The van der Waals surface area contributed by atoms with Gasteiger partial charge >= 0.3 is 0 Å². The van der Waals surface area contributed by atoms with Crippen LogP contribution in [-0.4, -0.2) is 49.4 Å². The number of aromatic nitrogens is 4. The Kier molecular flexibility index (Phi) is 4.23. The predicted octanol–water partition coefficient (Wildman–Crippen LogP) is 2.45. The number of rotatable bonds is 3. The van der Waals surface area contributed by atoms with Gasteiger partial charge in [-0.25, -0.2) is 19.9 Å². The van der Waals surface area contributed by atoms with Crippen molar-refractivity contribution in [3.05, 3.63) is 53.8 Å². The minimum atomic E-state index is -1.54. The Morgan fingerprint density at radius 3 is 2.80 bits per heavy atom. The molecule has 30 heavy (non-hydrogen) atoms. The maximum Gasteiger partial charge on any atom is 0.260 e. The number of nitrogens with two attached hydrogens (primary N) is 1. The summed E-state index contributed by atoms with van der Waals surface area (Å²) in [5.74, 6) is 0.0234. The molecule has 150 valence electrons. The van der Waals surface area contributed by atoms with Crippen LogP contribution >= 0.6 is 11.3 Å². The Morgan fingerprint density at radius 2 is 2.00 bits per heavy atom. The molecule has 1 amide bonds. The Morgan fingerprint density at radius 1 is 1.17 bits per heavy atom. The van der Waals surface area contributed by atoms with E-state index in [2.05, 4.69) is 19.9 Å². The van der Waals surface area contributed by atoms with E-state index in [0.717, 1.165) is 21.8 Å². The number of hydrogen-bond acceptors (Lipinski definition) is 8. The Balaban J connectivity index is 1.51. The van der Waals surface area contributed by atoms with Gasteiger partial charge in [0, 0.05) is 36.5 Å². The van der Waals surface area contributed by atoms with Crippen LogP contribution in [0.2, 0.25) is 0 Å². The molecular weight excluding hydrogens is 400 g/mol. The number of thiazole rings is 1. The highest BCUT2D eigenvalue weighted by Crippen LogP contribution is 2.36. The highest BCUT2D eigenvalue weighted by Gasteiger charge is 2.46. The first-order valence-corrected chi connectivity index (χ1v) is 10.3. The van der Waals surface area contributed by atoms with Gasteiger partial charge in [-0.05, 0) is 18.2 Å². The molecule has 0 aliphatic carbocycles. The Bertz CT molecular complexity index is 1290. The lowest BCUT2D eigenvalue weighted by atomic mass is 9.99. The van der Waals surface area contributed by atoms with Gasteiger partial charge in [0.2, 0.25) is 0 Å². The summed E-state index contributed by atoms with van der Waals surface area (Å²) in [5, 5.41) is 13.3. The van der Waals surface area contributed by atoms with Gasteiger partial charge in [-0.3, -0.25) is 4.79 Å². The number of hydrogen-bond donors (Lipinski definition) is 2. The van der Waals surface area contributed by atoms with E-state index in [1.807, 2.05) is 36.4 Å². The first-order chi connectivity index (χ1) is 14.5. The van der Waals surface area contributed by atoms with Crippen LogP contribution in [0.3, 0.4) is 0 Å². The lowest BCUT2D eigenvalue weighted by Gasteiger charge is -2.18. The molecule has 0 bridgehead atoms. The zero-order chi connectivity index (χ0) is 20.9. The van der Waals surface area contributed by atoms with Gasteiger partial charge in [-0.15, -0.1) is 11.3 Å². The molecule has 1 atom stereocenters. The number of aliphatic hydroxyl groups is 1. The zero-order valence-electron chi connectivity index (χ0n) is 16.1. The number of nitrogens with zero attached hydrogens (tertiary/aromatic N) is 5. The lowest BCUT2D eigenvalue weighted by Crippen LogP contribution is -2.36. The molecule has 0 unspecified atom stereocenters. The van der Waals surface area contributed by atoms with E-state index in [1.165, 1.54) is 22.6 Å². The molecular formula is C21H18N6O2S. The fourth-order valence-electron chi connectivity index (χ4n) is 3.62. The fraction of sp³-hybridized carbons (Fsp3) is 0.190. The van der Waals surface area contributed by atoms with Crippen molar-refractivity contribution in [3.63, 3.8) is 0 Å². The van der Waals surface area contributed by atoms with E-state index in [4.69, 9.17) is 5.73 Å². The quantitative estimate of drug-likeness (QED) is 0.525. The van der Waals surface area contributed by atoms with Crippen LogP contribution in [0.15, 0.2) is 48.1 Å². The Labute approximate surface area is 176 Å². The van der Waals surface area contributed by atoms with Gasteiger partial charge in [-0.2, -0.15) is 0 Å². The van der Waals surface area contributed by atoms with E-state index in [9.17, 15) is 9.90 Å². The standard InChI is InChI=1S/C21H18N6O2S/c1-27-8-7-21(29,20(27)28)16-10-30-19(26-16)13-4-2-3-12(9-13)14-5-6-15-17(25-14)18(22)24-11-23-15/h2-6,9-11,29H,7-8H2,1H3,(H2,22,23,24)/t21-/m1/s1. The summed E-state index contributed by atoms with van der Waals surface area (Å²) in [6.07, 6.45) is 1.76. The minimum Gasteiger partial charge on any atom is -0.382 e. The molecule has 1 aliphatic heterocycles. The molecule has 5 rings (SSSR count). The molecule has 1 fully saturated rings. The molecule has 1 saturated heterocycles. The second-order valence-electron chi connectivity index (χ2n) is 7.28. The molecule has 0 radical (unpaired) electrons. The average Bonchev–Trinajstić information content (AvgIpc) is 3.37. The lowest BCUT2D eigenvalue weighted by molar-refractivity contribution is -0.143. The van der Waals surface area contributed by atoms with Crippen LogP contribution in [0.5, 0.6) is 0 Å². The summed E-state index contributed by atoms with van der Waals surface area (Å²) in [4.78, 5) is 31.3. The number of likely N-dealkylation sites (tertiary alicyclic amines) is 1. The highest BCUT2D eigenvalue weighted by atomic mass is 32.1. The fourth-order valence-corrected chi connectivity index (χ4v) is 4.50. The molecule has 4 heterocycles. The molecule has 3 N–H and O–H groups in total. The number of anilines is 1. The van der Waals surface area contributed by atoms with Crippen LogP contribution in [0, 0.1) is 0 Å². The van der Waals surface area contributed by atoms with Crippen LogP contribution in [-0.2, 0) is 10.4 Å². The topological polar surface area (TPSA) is 118 Å². The van der Waals surface area contributed by atoms with Crippen molar-refractivity contribution >= 4 is 34.1 Å². The van der Waals surface area contributed by atoms with Crippen molar-refractivity contribution in [1.29, 1.82) is 0 Å². The number of carbonyl (C=O) groups is 1. The molecule has 4 aromatic rings. The van der Waals surface area contributed by atoms with Crippen molar-refractivity contribution in [1.82, 2.24) is 24.8 Å². The highest BCUT2D eigenvalue weighted by molar-refractivity contribution is 7.13. The number of likely N-dealkylation sites (N-methyl/N-ethyl adjacent to an activating group) is 1. The smallest absolute Gasteiger partial charge is 0.260 e. The van der Waals surface area contributed by atoms with Gasteiger partial charge in [0.15, 0.2) is 11.4 Å². The van der Waals surface area contributed by atoms with Gasteiger partial charge < -0.3 is 15.7 Å². The van der Waals surface area contributed by atoms with Crippen molar-refractivity contribution in [2.75, 3.05) is 19.3 Å². The first-order valence-electron chi connectivity index (χ1n) is 9.38. The molecule has 9 heteroatoms. The number of carbonyl (C=O) groups excluding carboxylic acids is 1. The number of nitrogen functional groups attached to an aromatic ring is 1. The number of fused-ring (bicyclic) bond motifs is 1. The maximum absolute atomic E-state index is 12.4. The van der Waals surface area contributed by atoms with Gasteiger partial charge in [0.25, 0.3) is 5.91 Å². The second-order valence-corrected chi connectivity index (χ2v) is 8.14. The van der Waals surface area contributed by atoms with Crippen molar-refractivity contribution in [2.45, 2.75) is 12.0 Å². The van der Waals surface area contributed by atoms with Crippen LogP contribution in [0.4, 0.5) is 5.82 Å². The summed E-state index contributed by atoms with van der Waals surface area (Å²) >= 11 is 1.40. The number of amides is 1. The van der Waals surface area contributed by atoms with Crippen molar-refractivity contribution < 1.29 is 9.90 Å². The number of pyridine rings is 1. The summed E-state index contributed by atoms with van der Waals surface area (Å²) in [6.45, 7) is 0.512. The maximum atomic E-state index is 12.4. The third kappa shape index (κ3) is 2.90. The third-order valence-electron chi connectivity index (χ3n) is 5.35.